The third kappa shape index (κ3) is 2.32. The molecule has 4 rings (SSSR count). The number of aromatic nitrogens is 2. The van der Waals surface area contributed by atoms with E-state index in [-0.39, 0.29) is 17.9 Å². The Balaban J connectivity index is 1.45. The summed E-state index contributed by atoms with van der Waals surface area (Å²) in [6.07, 6.45) is 5.96. The van der Waals surface area contributed by atoms with Crippen molar-refractivity contribution in [2.45, 2.75) is 51.1 Å². The van der Waals surface area contributed by atoms with Gasteiger partial charge in [-0.25, -0.2) is 4.98 Å². The first-order valence-corrected chi connectivity index (χ1v) is 8.11. The van der Waals surface area contributed by atoms with Crippen LogP contribution >= 0.6 is 0 Å². The molecule has 4 heteroatoms. The van der Waals surface area contributed by atoms with Crippen LogP contribution < -0.4 is 5.32 Å². The Morgan fingerprint density at radius 2 is 2.14 bits per heavy atom. The first-order chi connectivity index (χ1) is 10.7. The molecule has 2 heterocycles. The number of carbonyl (C=O) groups is 1. The number of benzene rings is 1. The summed E-state index contributed by atoms with van der Waals surface area (Å²) in [6.45, 7) is 2.87. The quantitative estimate of drug-likeness (QED) is 0.924. The molecule has 0 saturated carbocycles. The molecule has 0 saturated heterocycles. The molecule has 0 spiro atoms. The highest BCUT2D eigenvalue weighted by atomic mass is 16.2. The largest absolute Gasteiger partial charge is 0.351 e. The third-order valence-corrected chi connectivity index (χ3v) is 4.91. The Kier molecular flexibility index (Phi) is 3.25. The molecule has 1 N–H and O–H groups in total. The molecular formula is C18H21N3O. The number of hydrogen-bond donors (Lipinski definition) is 1. The lowest BCUT2D eigenvalue weighted by Crippen LogP contribution is -2.42. The van der Waals surface area contributed by atoms with Gasteiger partial charge >= 0.3 is 0 Å². The van der Waals surface area contributed by atoms with Crippen LogP contribution in [0.2, 0.25) is 0 Å². The lowest BCUT2D eigenvalue weighted by atomic mass is 9.99. The smallest absolute Gasteiger partial charge is 0.227 e. The summed E-state index contributed by atoms with van der Waals surface area (Å²) in [5, 5.41) is 3.26. The van der Waals surface area contributed by atoms with Crippen molar-refractivity contribution in [2.75, 3.05) is 0 Å². The number of aryl methyl sites for hydroxylation is 3. The Morgan fingerprint density at radius 1 is 1.27 bits per heavy atom. The minimum atomic E-state index is 0.0297. The average molecular weight is 295 g/mol. The number of imidazole rings is 1. The van der Waals surface area contributed by atoms with Crippen LogP contribution in [-0.4, -0.2) is 21.5 Å². The maximum atomic E-state index is 12.7. The van der Waals surface area contributed by atoms with E-state index >= 15 is 0 Å². The molecule has 2 atom stereocenters. The van der Waals surface area contributed by atoms with Gasteiger partial charge in [-0.2, -0.15) is 0 Å². The van der Waals surface area contributed by atoms with Gasteiger partial charge in [0.05, 0.1) is 11.6 Å². The van der Waals surface area contributed by atoms with Crippen LogP contribution in [0.25, 0.3) is 0 Å². The van der Waals surface area contributed by atoms with E-state index in [0.29, 0.717) is 0 Å². The van der Waals surface area contributed by atoms with Gasteiger partial charge in [0.25, 0.3) is 0 Å². The summed E-state index contributed by atoms with van der Waals surface area (Å²) in [5.41, 5.74) is 3.61. The number of nitrogens with zero attached hydrogens (tertiary/aromatic N) is 2. The molecular weight excluding hydrogens is 274 g/mol. The highest BCUT2D eigenvalue weighted by Crippen LogP contribution is 2.33. The normalized spacial score (nSPS) is 23.0. The van der Waals surface area contributed by atoms with E-state index in [1.165, 1.54) is 11.1 Å². The van der Waals surface area contributed by atoms with Crippen LogP contribution in [-0.2, 0) is 24.2 Å². The maximum absolute atomic E-state index is 12.7. The predicted molar refractivity (Wildman–Crippen MR) is 84.7 cm³/mol. The Morgan fingerprint density at radius 3 is 3.05 bits per heavy atom. The lowest BCUT2D eigenvalue weighted by Gasteiger charge is -2.26. The number of carbonyl (C=O) groups excluding carboxylic acids is 1. The fraction of sp³-hybridized carbons (Fsp3) is 0.444. The second kappa shape index (κ2) is 5.27. The molecule has 114 valence electrons. The molecule has 2 aliphatic rings. The maximum Gasteiger partial charge on any atom is 0.227 e. The van der Waals surface area contributed by atoms with Gasteiger partial charge in [-0.1, -0.05) is 24.3 Å². The molecule has 1 aromatic heterocycles. The first-order valence-electron chi connectivity index (χ1n) is 8.11. The zero-order chi connectivity index (χ0) is 15.1. The van der Waals surface area contributed by atoms with Gasteiger partial charge in [0.1, 0.15) is 5.82 Å². The molecule has 0 fully saturated rings. The van der Waals surface area contributed by atoms with Gasteiger partial charge in [-0.3, -0.25) is 4.79 Å². The van der Waals surface area contributed by atoms with Crippen molar-refractivity contribution in [3.63, 3.8) is 0 Å². The monoisotopic (exact) mass is 295 g/mol. The summed E-state index contributed by atoms with van der Waals surface area (Å²) in [4.78, 5) is 17.2. The molecule has 1 aliphatic heterocycles. The van der Waals surface area contributed by atoms with Crippen molar-refractivity contribution in [1.82, 2.24) is 14.9 Å². The highest BCUT2D eigenvalue weighted by molar-refractivity contribution is 5.85. The van der Waals surface area contributed by atoms with Crippen molar-refractivity contribution < 1.29 is 4.79 Å². The van der Waals surface area contributed by atoms with Crippen LogP contribution in [0.3, 0.4) is 0 Å². The SMILES string of the molecule is Cc1cn2c(n1)CC[C@H](NC(=O)[C@H]1CCc3ccccc31)C2. The van der Waals surface area contributed by atoms with Gasteiger partial charge in [-0.05, 0) is 37.3 Å². The Hall–Kier alpha value is -2.10. The summed E-state index contributed by atoms with van der Waals surface area (Å²) in [6, 6.07) is 8.56. The van der Waals surface area contributed by atoms with Crippen molar-refractivity contribution >= 4 is 5.91 Å². The van der Waals surface area contributed by atoms with E-state index in [9.17, 15) is 4.79 Å². The van der Waals surface area contributed by atoms with Crippen LogP contribution in [0.5, 0.6) is 0 Å². The highest BCUT2D eigenvalue weighted by Gasteiger charge is 2.30. The fourth-order valence-corrected chi connectivity index (χ4v) is 3.84. The van der Waals surface area contributed by atoms with Crippen molar-refractivity contribution in [3.05, 3.63) is 53.1 Å². The topological polar surface area (TPSA) is 46.9 Å². The molecule has 4 nitrogen and oxygen atoms in total. The fourth-order valence-electron chi connectivity index (χ4n) is 3.84. The van der Waals surface area contributed by atoms with E-state index in [1.807, 2.05) is 13.0 Å². The van der Waals surface area contributed by atoms with Crippen LogP contribution in [0, 0.1) is 6.92 Å². The summed E-state index contributed by atoms with van der Waals surface area (Å²) >= 11 is 0. The lowest BCUT2D eigenvalue weighted by molar-refractivity contribution is -0.123. The molecule has 1 aromatic carbocycles. The number of nitrogens with one attached hydrogen (secondary N) is 1. The minimum Gasteiger partial charge on any atom is -0.351 e. The van der Waals surface area contributed by atoms with E-state index < -0.39 is 0 Å². The number of rotatable bonds is 2. The average Bonchev–Trinajstić information content (AvgIpc) is 3.09. The van der Waals surface area contributed by atoms with E-state index in [4.69, 9.17) is 0 Å². The van der Waals surface area contributed by atoms with E-state index in [2.05, 4.69) is 39.3 Å². The van der Waals surface area contributed by atoms with Crippen molar-refractivity contribution in [2.24, 2.45) is 0 Å². The second-order valence-corrected chi connectivity index (χ2v) is 6.49. The van der Waals surface area contributed by atoms with Crippen molar-refractivity contribution in [1.29, 1.82) is 0 Å². The second-order valence-electron chi connectivity index (χ2n) is 6.49. The zero-order valence-electron chi connectivity index (χ0n) is 12.9. The number of hydrogen-bond acceptors (Lipinski definition) is 2. The van der Waals surface area contributed by atoms with Crippen LogP contribution in [0.15, 0.2) is 30.5 Å². The zero-order valence-corrected chi connectivity index (χ0v) is 12.9. The number of amides is 1. The number of fused-ring (bicyclic) bond motifs is 2. The van der Waals surface area contributed by atoms with Crippen LogP contribution in [0.4, 0.5) is 0 Å². The van der Waals surface area contributed by atoms with Gasteiger partial charge in [0.15, 0.2) is 0 Å². The standard InChI is InChI=1S/C18H21N3O/c1-12-10-21-11-14(7-9-17(21)19-12)20-18(22)16-8-6-13-4-2-3-5-15(13)16/h2-5,10,14,16H,6-9,11H2,1H3,(H,20,22)/t14-,16-/m0/s1. The van der Waals surface area contributed by atoms with E-state index in [1.54, 1.807) is 0 Å². The molecule has 0 radical (unpaired) electrons. The minimum absolute atomic E-state index is 0.0297. The third-order valence-electron chi connectivity index (χ3n) is 4.91. The summed E-state index contributed by atoms with van der Waals surface area (Å²) < 4.78 is 2.19. The van der Waals surface area contributed by atoms with Gasteiger partial charge in [-0.15, -0.1) is 0 Å². The van der Waals surface area contributed by atoms with E-state index in [0.717, 1.165) is 43.7 Å². The summed E-state index contributed by atoms with van der Waals surface area (Å²) in [5.74, 6) is 1.37. The van der Waals surface area contributed by atoms with Crippen LogP contribution in [0.1, 0.15) is 41.4 Å². The Bertz CT molecular complexity index is 719. The summed E-state index contributed by atoms with van der Waals surface area (Å²) in [7, 11) is 0. The first kappa shape index (κ1) is 13.6. The molecule has 0 bridgehead atoms. The Labute approximate surface area is 130 Å². The molecule has 22 heavy (non-hydrogen) atoms. The molecule has 2 aromatic rings. The van der Waals surface area contributed by atoms with Gasteiger partial charge in [0, 0.05) is 25.2 Å². The molecule has 0 unspecified atom stereocenters. The predicted octanol–water partition coefficient (Wildman–Crippen LogP) is 2.35. The molecule has 1 aliphatic carbocycles. The van der Waals surface area contributed by atoms with Crippen molar-refractivity contribution in [3.8, 4) is 0 Å². The molecule has 1 amide bonds. The van der Waals surface area contributed by atoms with Gasteiger partial charge < -0.3 is 9.88 Å². The van der Waals surface area contributed by atoms with Gasteiger partial charge in [0.2, 0.25) is 5.91 Å².